The minimum absolute atomic E-state index is 0.221. The first kappa shape index (κ1) is 19.5. The van der Waals surface area contributed by atoms with Crippen LogP contribution in [-0.4, -0.2) is 55.5 Å². The molecule has 2 aromatic rings. The zero-order chi connectivity index (χ0) is 18.8. The maximum absolute atomic E-state index is 12.7. The van der Waals surface area contributed by atoms with Gasteiger partial charge in [0.1, 0.15) is 12.0 Å². The zero-order valence-electron chi connectivity index (χ0n) is 15.9. The van der Waals surface area contributed by atoms with Crippen molar-refractivity contribution < 1.29 is 18.0 Å². The number of aryl methyl sites for hydroxylation is 1. The fourth-order valence-corrected chi connectivity index (χ4v) is 3.88. The number of nitrogens with zero attached hydrogens (tertiary/aromatic N) is 3. The van der Waals surface area contributed by atoms with Gasteiger partial charge in [-0.05, 0) is 29.9 Å². The third-order valence-electron chi connectivity index (χ3n) is 4.52. The van der Waals surface area contributed by atoms with Gasteiger partial charge in [-0.2, -0.15) is 0 Å². The van der Waals surface area contributed by atoms with E-state index < -0.39 is 10.0 Å². The summed E-state index contributed by atoms with van der Waals surface area (Å²) in [5.74, 6) is 0. The highest BCUT2D eigenvalue weighted by atomic mass is 32.2. The minimum atomic E-state index is -3.52. The van der Waals surface area contributed by atoms with E-state index in [4.69, 9.17) is 4.84 Å². The first-order valence-corrected chi connectivity index (χ1v) is 9.93. The number of hydroxylamine groups is 1. The van der Waals surface area contributed by atoms with Gasteiger partial charge in [-0.15, -0.1) is 0 Å². The Morgan fingerprint density at radius 1 is 1.28 bits per heavy atom. The summed E-state index contributed by atoms with van der Waals surface area (Å²) >= 11 is 0. The largest absolute Gasteiger partial charge is 0.347 e. The Kier molecular flexibility index (Phi) is 5.90. The van der Waals surface area contributed by atoms with Crippen LogP contribution in [0.4, 0.5) is 0 Å². The molecule has 138 valence electrons. The normalized spacial score (nSPS) is 14.3. The molecule has 0 saturated heterocycles. The number of sulfonamides is 1. The minimum Gasteiger partial charge on any atom is -0.347 e. The molecule has 0 aliphatic carbocycles. The van der Waals surface area contributed by atoms with Gasteiger partial charge in [-0.3, -0.25) is 4.84 Å². The van der Waals surface area contributed by atoms with Gasteiger partial charge in [-0.1, -0.05) is 6.92 Å². The second-order valence-corrected chi connectivity index (χ2v) is 8.35. The van der Waals surface area contributed by atoms with E-state index in [1.807, 2.05) is 36.0 Å². The van der Waals surface area contributed by atoms with Crippen molar-refractivity contribution in [2.45, 2.75) is 44.7 Å². The zero-order valence-corrected chi connectivity index (χ0v) is 16.7. The fourth-order valence-electron chi connectivity index (χ4n) is 2.77. The molecule has 1 unspecified atom stereocenters. The van der Waals surface area contributed by atoms with Gasteiger partial charge in [0.15, 0.2) is 6.04 Å². The summed E-state index contributed by atoms with van der Waals surface area (Å²) in [5.41, 5.74) is 1.66. The van der Waals surface area contributed by atoms with Gasteiger partial charge < -0.3 is 4.57 Å². The van der Waals surface area contributed by atoms with Crippen LogP contribution in [0, 0.1) is 0 Å². The second kappa shape index (κ2) is 7.58. The maximum atomic E-state index is 12.7. The third-order valence-corrected chi connectivity index (χ3v) is 6.37. The van der Waals surface area contributed by atoms with Gasteiger partial charge in [-0.25, -0.2) is 12.7 Å². The molecule has 0 aliphatic rings. The van der Waals surface area contributed by atoms with Crippen molar-refractivity contribution in [3.63, 3.8) is 0 Å². The first-order valence-electron chi connectivity index (χ1n) is 8.49. The number of benzene rings is 1. The van der Waals surface area contributed by atoms with Gasteiger partial charge in [0.25, 0.3) is 0 Å². The number of aromatic nitrogens is 1. The third kappa shape index (κ3) is 3.57. The van der Waals surface area contributed by atoms with Gasteiger partial charge in [0.2, 0.25) is 16.2 Å². The van der Waals surface area contributed by atoms with E-state index in [0.29, 0.717) is 11.4 Å². The standard InChI is InChI=1S/C18H28N3O3S/c1-7-14(3)21(24-6)13-15-9-10-17(25(22,23)19(4)5)18-16(15)11-12-20(18)8-2/h9-14H,7-8H2,1-6H3/q+1. The topological polar surface area (TPSA) is 54.5 Å². The van der Waals surface area contributed by atoms with Crippen molar-refractivity contribution in [1.82, 2.24) is 8.87 Å². The van der Waals surface area contributed by atoms with Gasteiger partial charge in [0.05, 0.1) is 11.1 Å². The Hall–Kier alpha value is -1.86. The second-order valence-electron chi connectivity index (χ2n) is 6.23. The highest BCUT2D eigenvalue weighted by Crippen LogP contribution is 2.28. The molecule has 0 N–H and O–H groups in total. The molecule has 2 rings (SSSR count). The molecule has 0 aliphatic heterocycles. The quantitative estimate of drug-likeness (QED) is 0.430. The van der Waals surface area contributed by atoms with E-state index in [1.165, 1.54) is 4.31 Å². The summed E-state index contributed by atoms with van der Waals surface area (Å²) in [6, 6.07) is 5.70. The molecule has 0 fully saturated rings. The average Bonchev–Trinajstić information content (AvgIpc) is 3.02. The summed E-state index contributed by atoms with van der Waals surface area (Å²) in [6.45, 7) is 6.88. The van der Waals surface area contributed by atoms with E-state index >= 15 is 0 Å². The molecular weight excluding hydrogens is 338 g/mol. The lowest BCUT2D eigenvalue weighted by Crippen LogP contribution is -2.24. The van der Waals surface area contributed by atoms with Crippen LogP contribution in [0.3, 0.4) is 0 Å². The molecule has 1 heterocycles. The summed E-state index contributed by atoms with van der Waals surface area (Å²) in [4.78, 5) is 5.79. The predicted molar refractivity (Wildman–Crippen MR) is 101 cm³/mol. The molecular formula is C18H28N3O3S+. The van der Waals surface area contributed by atoms with Crippen molar-refractivity contribution in [2.75, 3.05) is 21.2 Å². The van der Waals surface area contributed by atoms with Crippen molar-refractivity contribution >= 4 is 27.1 Å². The smallest absolute Gasteiger partial charge is 0.244 e. The van der Waals surface area contributed by atoms with Crippen LogP contribution in [0.25, 0.3) is 10.9 Å². The molecule has 0 radical (unpaired) electrons. The van der Waals surface area contributed by atoms with E-state index in [9.17, 15) is 8.42 Å². The number of hydrogen-bond donors (Lipinski definition) is 0. The average molecular weight is 367 g/mol. The van der Waals surface area contributed by atoms with Crippen molar-refractivity contribution in [3.05, 3.63) is 30.0 Å². The van der Waals surface area contributed by atoms with Crippen molar-refractivity contribution in [2.24, 2.45) is 0 Å². The molecule has 1 aromatic carbocycles. The molecule has 1 atom stereocenters. The molecule has 7 heteroatoms. The molecule has 0 bridgehead atoms. The fraction of sp³-hybridized carbons (Fsp3) is 0.500. The lowest BCUT2D eigenvalue weighted by Gasteiger charge is -2.15. The Morgan fingerprint density at radius 3 is 2.48 bits per heavy atom. The van der Waals surface area contributed by atoms with Crippen LogP contribution >= 0.6 is 0 Å². The van der Waals surface area contributed by atoms with Crippen LogP contribution in [0.15, 0.2) is 29.3 Å². The van der Waals surface area contributed by atoms with Crippen LogP contribution < -0.4 is 0 Å². The first-order chi connectivity index (χ1) is 11.8. The highest BCUT2D eigenvalue weighted by Gasteiger charge is 2.24. The Bertz CT molecular complexity index is 882. The van der Waals surface area contributed by atoms with E-state index in [1.54, 1.807) is 32.0 Å². The summed E-state index contributed by atoms with van der Waals surface area (Å²) in [5, 5.41) is 0.898. The van der Waals surface area contributed by atoms with Crippen molar-refractivity contribution in [1.29, 1.82) is 0 Å². The Morgan fingerprint density at radius 2 is 1.96 bits per heavy atom. The molecule has 6 nitrogen and oxygen atoms in total. The van der Waals surface area contributed by atoms with E-state index in [-0.39, 0.29) is 6.04 Å². The van der Waals surface area contributed by atoms with Crippen LogP contribution in [-0.2, 0) is 21.4 Å². The summed E-state index contributed by atoms with van der Waals surface area (Å²) in [6.07, 6.45) is 4.80. The maximum Gasteiger partial charge on any atom is 0.244 e. The van der Waals surface area contributed by atoms with Crippen molar-refractivity contribution in [3.8, 4) is 0 Å². The summed E-state index contributed by atoms with van der Waals surface area (Å²) in [7, 11) is 1.22. The van der Waals surface area contributed by atoms with E-state index in [2.05, 4.69) is 13.8 Å². The predicted octanol–water partition coefficient (Wildman–Crippen LogP) is 2.70. The lowest BCUT2D eigenvalue weighted by molar-refractivity contribution is -0.798. The van der Waals surface area contributed by atoms with Gasteiger partial charge in [0, 0.05) is 45.6 Å². The molecule has 0 saturated carbocycles. The number of fused-ring (bicyclic) bond motifs is 1. The van der Waals surface area contributed by atoms with E-state index in [0.717, 1.165) is 22.9 Å². The highest BCUT2D eigenvalue weighted by molar-refractivity contribution is 7.89. The van der Waals surface area contributed by atoms with Crippen LogP contribution in [0.1, 0.15) is 32.8 Å². The lowest BCUT2D eigenvalue weighted by atomic mass is 10.1. The number of hydrogen-bond acceptors (Lipinski definition) is 3. The van der Waals surface area contributed by atoms with Crippen LogP contribution in [0.5, 0.6) is 0 Å². The Balaban J connectivity index is 2.77. The molecule has 0 amide bonds. The monoisotopic (exact) mass is 366 g/mol. The number of rotatable bonds is 7. The molecule has 0 spiro atoms. The van der Waals surface area contributed by atoms with Gasteiger partial charge >= 0.3 is 0 Å². The molecule has 1 aromatic heterocycles. The Labute approximate surface area is 150 Å². The summed E-state index contributed by atoms with van der Waals surface area (Å²) < 4.78 is 30.5. The van der Waals surface area contributed by atoms with Crippen LogP contribution in [0.2, 0.25) is 0 Å². The SMILES string of the molecule is CCC(C)/[N+](=C/c1ccc(S(=O)(=O)N(C)C)c2c1ccn2CC)OC. The molecule has 25 heavy (non-hydrogen) atoms.